The molecule has 0 saturated heterocycles. The second-order valence-electron chi connectivity index (χ2n) is 3.97. The van der Waals surface area contributed by atoms with Gasteiger partial charge in [0.2, 0.25) is 0 Å². The third-order valence-corrected chi connectivity index (χ3v) is 3.03. The fourth-order valence-corrected chi connectivity index (χ4v) is 2.25. The molecule has 1 atom stereocenters. The summed E-state index contributed by atoms with van der Waals surface area (Å²) < 4.78 is 40.7. The van der Waals surface area contributed by atoms with Gasteiger partial charge in [0, 0.05) is 10.4 Å². The Kier molecular flexibility index (Phi) is 3.80. The normalized spacial score (nSPS) is 18.9. The lowest BCUT2D eigenvalue weighted by Gasteiger charge is -2.10. The molecule has 96 valence electrons. The van der Waals surface area contributed by atoms with Gasteiger partial charge in [-0.2, -0.15) is 0 Å². The summed E-state index contributed by atoms with van der Waals surface area (Å²) in [6.45, 7) is 0. The van der Waals surface area contributed by atoms with Gasteiger partial charge in [-0.3, -0.25) is 0 Å². The van der Waals surface area contributed by atoms with Crippen LogP contribution in [0.15, 0.2) is 47.0 Å². The Morgan fingerprint density at radius 3 is 2.33 bits per heavy atom. The minimum atomic E-state index is -4.64. The van der Waals surface area contributed by atoms with Gasteiger partial charge in [-0.1, -0.05) is 46.3 Å². The molecular formula is C13H10BrF3O. The average molecular weight is 319 g/mol. The molecule has 2 rings (SSSR count). The van der Waals surface area contributed by atoms with Gasteiger partial charge in [0.1, 0.15) is 5.75 Å². The number of benzene rings is 1. The van der Waals surface area contributed by atoms with Crippen LogP contribution in [0.5, 0.6) is 5.75 Å². The van der Waals surface area contributed by atoms with Crippen LogP contribution in [-0.2, 0) is 6.42 Å². The molecule has 1 nitrogen and oxygen atoms in total. The fourth-order valence-electron chi connectivity index (χ4n) is 1.76. The van der Waals surface area contributed by atoms with Crippen LogP contribution in [0.25, 0.3) is 0 Å². The van der Waals surface area contributed by atoms with Crippen LogP contribution in [0.1, 0.15) is 5.56 Å². The smallest absolute Gasteiger partial charge is 0.406 e. The highest BCUT2D eigenvalue weighted by Crippen LogP contribution is 2.26. The van der Waals surface area contributed by atoms with Crippen molar-refractivity contribution in [3.63, 3.8) is 0 Å². The van der Waals surface area contributed by atoms with Gasteiger partial charge in [-0.15, -0.1) is 13.2 Å². The Balaban J connectivity index is 1.98. The lowest BCUT2D eigenvalue weighted by molar-refractivity contribution is -0.274. The van der Waals surface area contributed by atoms with Crippen molar-refractivity contribution in [2.45, 2.75) is 12.8 Å². The molecule has 0 fully saturated rings. The first-order valence-electron chi connectivity index (χ1n) is 5.32. The molecule has 18 heavy (non-hydrogen) atoms. The van der Waals surface area contributed by atoms with Crippen LogP contribution in [0, 0.1) is 5.92 Å². The van der Waals surface area contributed by atoms with E-state index in [1.54, 1.807) is 12.1 Å². The first-order chi connectivity index (χ1) is 8.42. The quantitative estimate of drug-likeness (QED) is 0.792. The molecule has 1 aromatic rings. The summed E-state index contributed by atoms with van der Waals surface area (Å²) in [5.74, 6) is 0.0960. The lowest BCUT2D eigenvalue weighted by Crippen LogP contribution is -2.17. The summed E-state index contributed by atoms with van der Waals surface area (Å²) >= 11 is 3.37. The van der Waals surface area contributed by atoms with Gasteiger partial charge < -0.3 is 4.74 Å². The predicted octanol–water partition coefficient (Wildman–Crippen LogP) is 4.59. The van der Waals surface area contributed by atoms with Gasteiger partial charge in [0.05, 0.1) is 0 Å². The largest absolute Gasteiger partial charge is 0.573 e. The predicted molar refractivity (Wildman–Crippen MR) is 66.5 cm³/mol. The number of hydrogen-bond donors (Lipinski definition) is 0. The van der Waals surface area contributed by atoms with Gasteiger partial charge in [0.15, 0.2) is 0 Å². The molecule has 0 saturated carbocycles. The van der Waals surface area contributed by atoms with E-state index in [9.17, 15) is 13.2 Å². The van der Waals surface area contributed by atoms with Crippen molar-refractivity contribution in [1.82, 2.24) is 0 Å². The second kappa shape index (κ2) is 5.18. The first-order valence-corrected chi connectivity index (χ1v) is 6.12. The summed E-state index contributed by atoms with van der Waals surface area (Å²) in [7, 11) is 0. The molecule has 0 heterocycles. The van der Waals surface area contributed by atoms with Crippen LogP contribution >= 0.6 is 15.9 Å². The van der Waals surface area contributed by atoms with Crippen LogP contribution < -0.4 is 4.74 Å². The fraction of sp³-hybridized carbons (Fsp3) is 0.231. The van der Waals surface area contributed by atoms with Gasteiger partial charge in [0.25, 0.3) is 0 Å². The Bertz CT molecular complexity index is 474. The SMILES string of the molecule is FC(F)(F)Oc1ccc(CC2C=CC(Br)=C2)cc1. The van der Waals surface area contributed by atoms with Crippen molar-refractivity contribution < 1.29 is 17.9 Å². The minimum Gasteiger partial charge on any atom is -0.406 e. The first kappa shape index (κ1) is 13.2. The average Bonchev–Trinajstić information content (AvgIpc) is 2.65. The van der Waals surface area contributed by atoms with E-state index in [4.69, 9.17) is 0 Å². The van der Waals surface area contributed by atoms with E-state index in [0.29, 0.717) is 0 Å². The molecule has 0 N–H and O–H groups in total. The van der Waals surface area contributed by atoms with E-state index in [-0.39, 0.29) is 11.7 Å². The summed E-state index contributed by atoms with van der Waals surface area (Å²) in [5.41, 5.74) is 0.970. The van der Waals surface area contributed by atoms with E-state index in [2.05, 4.69) is 26.7 Å². The Labute approximate surface area is 111 Å². The minimum absolute atomic E-state index is 0.190. The Morgan fingerprint density at radius 1 is 1.17 bits per heavy atom. The highest BCUT2D eigenvalue weighted by Gasteiger charge is 2.30. The number of rotatable bonds is 3. The summed E-state index contributed by atoms with van der Waals surface area (Å²) in [6.07, 6.45) is 2.19. The van der Waals surface area contributed by atoms with Crippen LogP contribution in [0.3, 0.4) is 0 Å². The van der Waals surface area contributed by atoms with Gasteiger partial charge in [-0.25, -0.2) is 0 Å². The molecule has 0 bridgehead atoms. The van der Waals surface area contributed by atoms with Crippen molar-refractivity contribution in [3.8, 4) is 5.75 Å². The number of alkyl halides is 3. The monoisotopic (exact) mass is 318 g/mol. The summed E-state index contributed by atoms with van der Waals surface area (Å²) in [6, 6.07) is 5.96. The van der Waals surface area contributed by atoms with E-state index < -0.39 is 6.36 Å². The molecule has 0 radical (unpaired) electrons. The van der Waals surface area contributed by atoms with Crippen molar-refractivity contribution in [2.75, 3.05) is 0 Å². The Morgan fingerprint density at radius 2 is 1.83 bits per heavy atom. The van der Waals surface area contributed by atoms with Crippen molar-refractivity contribution in [2.24, 2.45) is 5.92 Å². The summed E-state index contributed by atoms with van der Waals surface area (Å²) in [5, 5.41) is 0. The third kappa shape index (κ3) is 3.91. The van der Waals surface area contributed by atoms with Crippen molar-refractivity contribution in [3.05, 3.63) is 52.5 Å². The summed E-state index contributed by atoms with van der Waals surface area (Å²) in [4.78, 5) is 0. The molecule has 1 aliphatic rings. The molecule has 0 spiro atoms. The molecule has 5 heteroatoms. The maximum absolute atomic E-state index is 12.0. The second-order valence-corrected chi connectivity index (χ2v) is 4.89. The molecule has 1 aliphatic carbocycles. The van der Waals surface area contributed by atoms with Crippen molar-refractivity contribution >= 4 is 15.9 Å². The molecular weight excluding hydrogens is 309 g/mol. The number of ether oxygens (including phenoxy) is 1. The van der Waals surface area contributed by atoms with Crippen LogP contribution in [-0.4, -0.2) is 6.36 Å². The highest BCUT2D eigenvalue weighted by atomic mass is 79.9. The van der Waals surface area contributed by atoms with Crippen LogP contribution in [0.2, 0.25) is 0 Å². The standard InChI is InChI=1S/C13H10BrF3O/c14-11-4-1-10(8-11)7-9-2-5-12(6-3-9)18-13(15,16)17/h1-6,8,10H,7H2. The lowest BCUT2D eigenvalue weighted by atomic mass is 10.0. The van der Waals surface area contributed by atoms with E-state index in [1.165, 1.54) is 12.1 Å². The highest BCUT2D eigenvalue weighted by molar-refractivity contribution is 9.11. The number of halogens is 4. The maximum atomic E-state index is 12.0. The van der Waals surface area contributed by atoms with E-state index in [1.807, 2.05) is 12.2 Å². The zero-order valence-corrected chi connectivity index (χ0v) is 10.8. The van der Waals surface area contributed by atoms with E-state index in [0.717, 1.165) is 16.5 Å². The third-order valence-electron chi connectivity index (χ3n) is 2.50. The number of hydrogen-bond acceptors (Lipinski definition) is 1. The van der Waals surface area contributed by atoms with Gasteiger partial charge >= 0.3 is 6.36 Å². The molecule has 0 aliphatic heterocycles. The molecule has 1 unspecified atom stereocenters. The van der Waals surface area contributed by atoms with Gasteiger partial charge in [-0.05, 0) is 24.1 Å². The molecule has 0 aromatic heterocycles. The van der Waals surface area contributed by atoms with E-state index >= 15 is 0 Å². The van der Waals surface area contributed by atoms with Crippen LogP contribution in [0.4, 0.5) is 13.2 Å². The molecule has 0 amide bonds. The zero-order valence-electron chi connectivity index (χ0n) is 9.25. The Hall–Kier alpha value is -1.23. The number of allylic oxidation sites excluding steroid dienone is 4. The maximum Gasteiger partial charge on any atom is 0.573 e. The topological polar surface area (TPSA) is 9.23 Å². The zero-order chi connectivity index (χ0) is 13.2. The van der Waals surface area contributed by atoms with Crippen molar-refractivity contribution in [1.29, 1.82) is 0 Å². The molecule has 1 aromatic carbocycles.